The van der Waals surface area contributed by atoms with Gasteiger partial charge in [-0.15, -0.1) is 0 Å². The maximum Gasteiger partial charge on any atom is 0.332 e. The third-order valence-corrected chi connectivity index (χ3v) is 3.97. The van der Waals surface area contributed by atoms with Gasteiger partial charge in [-0.2, -0.15) is 0 Å². The predicted octanol–water partition coefficient (Wildman–Crippen LogP) is 3.32. The number of anilines is 1. The predicted molar refractivity (Wildman–Crippen MR) is 79.4 cm³/mol. The average molecular weight is 328 g/mol. The topological polar surface area (TPSA) is 86.6 Å². The van der Waals surface area contributed by atoms with E-state index in [9.17, 15) is 24.2 Å². The van der Waals surface area contributed by atoms with E-state index in [-0.39, 0.29) is 33.5 Å². The van der Waals surface area contributed by atoms with Crippen molar-refractivity contribution in [3.63, 3.8) is 0 Å². The maximum atomic E-state index is 13.7. The highest BCUT2D eigenvalue weighted by Crippen LogP contribution is 2.33. The van der Waals surface area contributed by atoms with Gasteiger partial charge in [0.25, 0.3) is 5.91 Å². The molecule has 0 fully saturated rings. The first-order valence-corrected chi connectivity index (χ1v) is 7.14. The summed E-state index contributed by atoms with van der Waals surface area (Å²) in [5.41, 5.74) is -0.0511. The van der Waals surface area contributed by atoms with Gasteiger partial charge in [0.2, 0.25) is 0 Å². The van der Waals surface area contributed by atoms with Crippen LogP contribution in [0.4, 0.5) is 10.1 Å². The molecule has 5 nitrogen and oxygen atoms in total. The average Bonchev–Trinajstić information content (AvgIpc) is 2.43. The second-order valence-corrected chi connectivity index (χ2v) is 5.64. The molecule has 0 heterocycles. The molecule has 0 spiro atoms. The Balaban J connectivity index is 2.34. The quantitative estimate of drug-likeness (QED) is 0.794. The fourth-order valence-electron chi connectivity index (χ4n) is 2.57. The molecule has 1 aromatic rings. The molecule has 1 aliphatic carbocycles. The zero-order valence-corrected chi connectivity index (χ0v) is 12.6. The SMILES string of the molecule is CC1CCCC(C(=O)Nc2cc(O)c(Cl)cc2F)=C1C(=O)O. The van der Waals surface area contributed by atoms with Crippen LogP contribution in [0.2, 0.25) is 5.02 Å². The van der Waals surface area contributed by atoms with E-state index < -0.39 is 17.7 Å². The largest absolute Gasteiger partial charge is 0.506 e. The number of carbonyl (C=O) groups is 2. The highest BCUT2D eigenvalue weighted by atomic mass is 35.5. The Morgan fingerprint density at radius 2 is 2.09 bits per heavy atom. The molecule has 1 unspecified atom stereocenters. The number of nitrogens with one attached hydrogen (secondary N) is 1. The lowest BCUT2D eigenvalue weighted by atomic mass is 9.83. The van der Waals surface area contributed by atoms with Gasteiger partial charge in [-0.25, -0.2) is 9.18 Å². The van der Waals surface area contributed by atoms with Gasteiger partial charge >= 0.3 is 5.97 Å². The Bertz CT molecular complexity index is 672. The number of hydrogen-bond acceptors (Lipinski definition) is 3. The van der Waals surface area contributed by atoms with E-state index in [1.807, 2.05) is 0 Å². The maximum absolute atomic E-state index is 13.7. The smallest absolute Gasteiger partial charge is 0.332 e. The fourth-order valence-corrected chi connectivity index (χ4v) is 2.72. The van der Waals surface area contributed by atoms with E-state index in [0.717, 1.165) is 12.1 Å². The first-order chi connectivity index (χ1) is 10.3. The summed E-state index contributed by atoms with van der Waals surface area (Å²) in [5, 5.41) is 20.9. The summed E-state index contributed by atoms with van der Waals surface area (Å²) < 4.78 is 13.7. The van der Waals surface area contributed by atoms with Gasteiger partial charge in [0.05, 0.1) is 10.7 Å². The molecule has 7 heteroatoms. The summed E-state index contributed by atoms with van der Waals surface area (Å²) in [5.74, 6) is -3.24. The lowest BCUT2D eigenvalue weighted by Crippen LogP contribution is -2.25. The monoisotopic (exact) mass is 327 g/mol. The standard InChI is InChI=1S/C15H15ClFNO4/c1-7-3-2-4-8(13(7)15(21)22)14(20)18-11-6-12(19)9(16)5-10(11)17/h5-7,19H,2-4H2,1H3,(H,18,20)(H,21,22). The van der Waals surface area contributed by atoms with Crippen LogP contribution < -0.4 is 5.32 Å². The third kappa shape index (κ3) is 3.22. The number of amides is 1. The van der Waals surface area contributed by atoms with E-state index in [1.165, 1.54) is 0 Å². The van der Waals surface area contributed by atoms with Crippen molar-refractivity contribution in [2.75, 3.05) is 5.32 Å². The highest BCUT2D eigenvalue weighted by molar-refractivity contribution is 6.32. The molecular weight excluding hydrogens is 313 g/mol. The number of phenolic OH excluding ortho intramolecular Hbond substituents is 1. The molecule has 2 rings (SSSR count). The molecular formula is C15H15ClFNO4. The van der Waals surface area contributed by atoms with Crippen LogP contribution in [0.1, 0.15) is 26.2 Å². The van der Waals surface area contributed by atoms with E-state index >= 15 is 0 Å². The van der Waals surface area contributed by atoms with Crippen molar-refractivity contribution in [1.82, 2.24) is 0 Å². The van der Waals surface area contributed by atoms with Crippen LogP contribution in [0.5, 0.6) is 5.75 Å². The van der Waals surface area contributed by atoms with Gasteiger partial charge in [0, 0.05) is 17.2 Å². The second kappa shape index (κ2) is 6.36. The summed E-state index contributed by atoms with van der Waals surface area (Å²) in [4.78, 5) is 23.6. The normalized spacial score (nSPS) is 18.2. The van der Waals surface area contributed by atoms with Gasteiger partial charge in [0.1, 0.15) is 11.6 Å². The zero-order chi connectivity index (χ0) is 16.4. The van der Waals surface area contributed by atoms with Gasteiger partial charge in [-0.1, -0.05) is 18.5 Å². The minimum atomic E-state index is -1.14. The fraction of sp³-hybridized carbons (Fsp3) is 0.333. The van der Waals surface area contributed by atoms with E-state index in [0.29, 0.717) is 19.3 Å². The summed E-state index contributed by atoms with van der Waals surface area (Å²) in [6, 6.07) is 1.87. The lowest BCUT2D eigenvalue weighted by Gasteiger charge is -2.22. The molecule has 0 aliphatic heterocycles. The number of rotatable bonds is 3. The molecule has 3 N–H and O–H groups in total. The van der Waals surface area contributed by atoms with Crippen molar-refractivity contribution in [3.05, 3.63) is 34.1 Å². The molecule has 1 atom stereocenters. The third-order valence-electron chi connectivity index (χ3n) is 3.67. The zero-order valence-electron chi connectivity index (χ0n) is 11.8. The lowest BCUT2D eigenvalue weighted by molar-refractivity contribution is -0.133. The Labute approximate surface area is 131 Å². The second-order valence-electron chi connectivity index (χ2n) is 5.23. The van der Waals surface area contributed by atoms with Crippen molar-refractivity contribution < 1.29 is 24.2 Å². The molecule has 1 amide bonds. The summed E-state index contributed by atoms with van der Waals surface area (Å²) in [6.07, 6.45) is 1.70. The molecule has 118 valence electrons. The summed E-state index contributed by atoms with van der Waals surface area (Å²) in [6.45, 7) is 1.74. The Hall–Kier alpha value is -2.08. The molecule has 22 heavy (non-hydrogen) atoms. The Morgan fingerprint density at radius 3 is 2.73 bits per heavy atom. The number of aromatic hydroxyl groups is 1. The van der Waals surface area contributed by atoms with Crippen LogP contribution in [-0.2, 0) is 9.59 Å². The van der Waals surface area contributed by atoms with Gasteiger partial charge < -0.3 is 15.5 Å². The van der Waals surface area contributed by atoms with Crippen LogP contribution in [0, 0.1) is 11.7 Å². The van der Waals surface area contributed by atoms with Crippen molar-refractivity contribution >= 4 is 29.2 Å². The van der Waals surface area contributed by atoms with Crippen molar-refractivity contribution in [3.8, 4) is 5.75 Å². The van der Waals surface area contributed by atoms with Crippen molar-refractivity contribution in [1.29, 1.82) is 0 Å². The van der Waals surface area contributed by atoms with Crippen molar-refractivity contribution in [2.45, 2.75) is 26.2 Å². The Kier molecular flexibility index (Phi) is 4.71. The first kappa shape index (κ1) is 16.3. The number of aliphatic carboxylic acids is 1. The van der Waals surface area contributed by atoms with Gasteiger partial charge in [0.15, 0.2) is 0 Å². The molecule has 0 saturated carbocycles. The molecule has 1 aromatic carbocycles. The summed E-state index contributed by atoms with van der Waals surface area (Å²) >= 11 is 5.57. The number of halogens is 2. The number of carboxylic acids is 1. The number of phenols is 1. The minimum absolute atomic E-state index is 0.0577. The first-order valence-electron chi connectivity index (χ1n) is 6.77. The van der Waals surface area contributed by atoms with Crippen LogP contribution in [0.25, 0.3) is 0 Å². The summed E-state index contributed by atoms with van der Waals surface area (Å²) in [7, 11) is 0. The molecule has 0 bridgehead atoms. The van der Waals surface area contributed by atoms with Gasteiger partial charge in [-0.3, -0.25) is 4.79 Å². The van der Waals surface area contributed by atoms with Crippen LogP contribution in [0.15, 0.2) is 23.3 Å². The van der Waals surface area contributed by atoms with Gasteiger partial charge in [-0.05, 0) is 31.2 Å². The number of hydrogen-bond donors (Lipinski definition) is 3. The van der Waals surface area contributed by atoms with E-state index in [4.69, 9.17) is 11.6 Å². The molecule has 1 aliphatic rings. The van der Waals surface area contributed by atoms with E-state index in [2.05, 4.69) is 5.32 Å². The Morgan fingerprint density at radius 1 is 1.41 bits per heavy atom. The molecule has 0 radical (unpaired) electrons. The highest BCUT2D eigenvalue weighted by Gasteiger charge is 2.29. The van der Waals surface area contributed by atoms with Crippen LogP contribution >= 0.6 is 11.6 Å². The minimum Gasteiger partial charge on any atom is -0.506 e. The molecule has 0 aromatic heterocycles. The number of benzene rings is 1. The van der Waals surface area contributed by atoms with Crippen LogP contribution in [0.3, 0.4) is 0 Å². The van der Waals surface area contributed by atoms with E-state index in [1.54, 1.807) is 6.92 Å². The van der Waals surface area contributed by atoms with Crippen molar-refractivity contribution in [2.24, 2.45) is 5.92 Å². The number of carbonyl (C=O) groups excluding carboxylic acids is 1. The van der Waals surface area contributed by atoms with Crippen LogP contribution in [-0.4, -0.2) is 22.1 Å². The number of carboxylic acid groups (broad SMARTS) is 1. The molecule has 0 saturated heterocycles.